The number of primary amides is 1. The summed E-state index contributed by atoms with van der Waals surface area (Å²) in [6, 6.07) is 18.0. The van der Waals surface area contributed by atoms with Crippen LogP contribution in [0.15, 0.2) is 54.6 Å². The maximum absolute atomic E-state index is 11.6. The van der Waals surface area contributed by atoms with Crippen molar-refractivity contribution in [2.24, 2.45) is 11.1 Å². The number of ether oxygens (including phenoxy) is 1. The zero-order chi connectivity index (χ0) is 21.0. The Morgan fingerprint density at radius 2 is 1.83 bits per heavy atom. The van der Waals surface area contributed by atoms with E-state index in [4.69, 9.17) is 10.5 Å². The molecule has 0 aromatic heterocycles. The summed E-state index contributed by atoms with van der Waals surface area (Å²) in [5, 5.41) is 15.0. The minimum atomic E-state index is -0.907. The van der Waals surface area contributed by atoms with Gasteiger partial charge in [0.05, 0.1) is 0 Å². The third-order valence-corrected chi connectivity index (χ3v) is 5.72. The number of nitrogens with one attached hydrogen (secondary N) is 1. The first-order valence-corrected chi connectivity index (χ1v) is 10.3. The molecule has 2 aromatic rings. The van der Waals surface area contributed by atoms with E-state index < -0.39 is 18.3 Å². The summed E-state index contributed by atoms with van der Waals surface area (Å²) in [4.78, 5) is 11.6. The Hall–Kier alpha value is -2.37. The van der Waals surface area contributed by atoms with Gasteiger partial charge in [-0.15, -0.1) is 0 Å². The van der Waals surface area contributed by atoms with Crippen LogP contribution in [0.5, 0.6) is 0 Å². The molecule has 4 atom stereocenters. The van der Waals surface area contributed by atoms with Gasteiger partial charge in [-0.05, 0) is 34.9 Å². The smallest absolute Gasteiger partial charge is 0.404 e. The van der Waals surface area contributed by atoms with Gasteiger partial charge in [0.2, 0.25) is 0 Å². The predicted molar refractivity (Wildman–Crippen MR) is 114 cm³/mol. The number of benzene rings is 2. The third kappa shape index (κ3) is 5.37. The first-order chi connectivity index (χ1) is 13.8. The van der Waals surface area contributed by atoms with Gasteiger partial charge in [-0.1, -0.05) is 75.4 Å². The first-order valence-electron chi connectivity index (χ1n) is 10.3. The number of amides is 1. The molecule has 0 fully saturated rings. The van der Waals surface area contributed by atoms with Crippen LogP contribution in [0.2, 0.25) is 0 Å². The molecular weight excluding hydrogens is 364 g/mol. The van der Waals surface area contributed by atoms with Gasteiger partial charge in [-0.2, -0.15) is 0 Å². The van der Waals surface area contributed by atoms with E-state index in [1.54, 1.807) is 0 Å². The standard InChI is InChI=1S/C24H32N2O3/c1-24(2,3)22(26-19-14-13-17-11-7-8-12-18(17)19)21(27)20(29-23(25)28)15-16-9-5-4-6-10-16/h4-12,19-22,26-27H,13-15H2,1-3H3,(H2,25,28)/t19-,20-,21+,22?/m0/s1. The molecule has 0 aliphatic heterocycles. The summed E-state index contributed by atoms with van der Waals surface area (Å²) >= 11 is 0. The highest BCUT2D eigenvalue weighted by Crippen LogP contribution is 2.34. The minimum Gasteiger partial charge on any atom is -0.443 e. The van der Waals surface area contributed by atoms with Crippen molar-refractivity contribution in [1.29, 1.82) is 0 Å². The fourth-order valence-electron chi connectivity index (χ4n) is 4.25. The van der Waals surface area contributed by atoms with Crippen LogP contribution in [0.25, 0.3) is 0 Å². The van der Waals surface area contributed by atoms with Gasteiger partial charge in [-0.25, -0.2) is 4.79 Å². The average molecular weight is 397 g/mol. The van der Waals surface area contributed by atoms with E-state index in [1.165, 1.54) is 11.1 Å². The van der Waals surface area contributed by atoms with Crippen molar-refractivity contribution >= 4 is 6.09 Å². The predicted octanol–water partition coefficient (Wildman–Crippen LogP) is 3.75. The largest absolute Gasteiger partial charge is 0.443 e. The molecule has 0 spiro atoms. The molecule has 1 unspecified atom stereocenters. The van der Waals surface area contributed by atoms with Crippen molar-refractivity contribution in [2.45, 2.75) is 64.3 Å². The zero-order valence-electron chi connectivity index (χ0n) is 17.5. The van der Waals surface area contributed by atoms with Crippen molar-refractivity contribution < 1.29 is 14.6 Å². The summed E-state index contributed by atoms with van der Waals surface area (Å²) in [7, 11) is 0. The molecule has 0 saturated carbocycles. The molecule has 29 heavy (non-hydrogen) atoms. The molecule has 3 rings (SSSR count). The molecule has 4 N–H and O–H groups in total. The second kappa shape index (κ2) is 8.97. The molecule has 1 aliphatic rings. The van der Waals surface area contributed by atoms with Gasteiger partial charge in [0.15, 0.2) is 0 Å². The van der Waals surface area contributed by atoms with E-state index in [1.807, 2.05) is 30.3 Å². The van der Waals surface area contributed by atoms with Crippen LogP contribution < -0.4 is 11.1 Å². The maximum Gasteiger partial charge on any atom is 0.404 e. The number of aliphatic hydroxyl groups is 1. The molecule has 5 heteroatoms. The molecular formula is C24H32N2O3. The number of rotatable bonds is 7. The number of nitrogens with two attached hydrogens (primary N) is 1. The highest BCUT2D eigenvalue weighted by molar-refractivity contribution is 5.64. The molecule has 1 aliphatic carbocycles. The molecule has 0 saturated heterocycles. The SMILES string of the molecule is CC(C)(C)C(N[C@H]1CCc2ccccc21)[C@H](O)[C@H](Cc1ccccc1)OC(N)=O. The fourth-order valence-corrected chi connectivity index (χ4v) is 4.25. The molecule has 1 amide bonds. The number of aryl methyl sites for hydroxylation is 1. The van der Waals surface area contributed by atoms with Gasteiger partial charge in [0.1, 0.15) is 12.2 Å². The highest BCUT2D eigenvalue weighted by Gasteiger charge is 2.39. The lowest BCUT2D eigenvalue weighted by Gasteiger charge is -2.40. The summed E-state index contributed by atoms with van der Waals surface area (Å²) in [5.74, 6) is 0. The average Bonchev–Trinajstić information content (AvgIpc) is 3.08. The first kappa shape index (κ1) is 21.3. The van der Waals surface area contributed by atoms with Gasteiger partial charge in [0.25, 0.3) is 0 Å². The Morgan fingerprint density at radius 1 is 1.17 bits per heavy atom. The van der Waals surface area contributed by atoms with Crippen molar-refractivity contribution in [2.75, 3.05) is 0 Å². The van der Waals surface area contributed by atoms with Gasteiger partial charge in [0, 0.05) is 18.5 Å². The van der Waals surface area contributed by atoms with E-state index in [2.05, 4.69) is 50.4 Å². The molecule has 0 radical (unpaired) electrons. The lowest BCUT2D eigenvalue weighted by atomic mass is 9.80. The zero-order valence-corrected chi connectivity index (χ0v) is 17.5. The van der Waals surface area contributed by atoms with E-state index >= 15 is 0 Å². The summed E-state index contributed by atoms with van der Waals surface area (Å²) in [5.41, 5.74) is 8.68. The minimum absolute atomic E-state index is 0.163. The van der Waals surface area contributed by atoms with Gasteiger partial charge in [-0.3, -0.25) is 0 Å². The van der Waals surface area contributed by atoms with Crippen molar-refractivity contribution in [1.82, 2.24) is 5.32 Å². The summed E-state index contributed by atoms with van der Waals surface area (Å²) < 4.78 is 5.38. The number of fused-ring (bicyclic) bond motifs is 1. The molecule has 2 aromatic carbocycles. The van der Waals surface area contributed by atoms with Crippen LogP contribution in [0, 0.1) is 5.41 Å². The highest BCUT2D eigenvalue weighted by atomic mass is 16.6. The Bertz CT molecular complexity index is 816. The quantitative estimate of drug-likeness (QED) is 0.665. The van der Waals surface area contributed by atoms with E-state index in [0.29, 0.717) is 6.42 Å². The number of hydrogen-bond acceptors (Lipinski definition) is 4. The Labute approximate surface area is 173 Å². The third-order valence-electron chi connectivity index (χ3n) is 5.72. The van der Waals surface area contributed by atoms with Crippen LogP contribution in [0.4, 0.5) is 4.79 Å². The number of hydrogen-bond donors (Lipinski definition) is 3. The number of carbonyl (C=O) groups is 1. The molecule has 5 nitrogen and oxygen atoms in total. The fraction of sp³-hybridized carbons (Fsp3) is 0.458. The molecule has 0 bridgehead atoms. The van der Waals surface area contributed by atoms with Crippen LogP contribution in [-0.2, 0) is 17.6 Å². The normalized spacial score (nSPS) is 19.2. The van der Waals surface area contributed by atoms with Crippen LogP contribution >= 0.6 is 0 Å². The van der Waals surface area contributed by atoms with Crippen LogP contribution in [0.1, 0.15) is 49.9 Å². The molecule has 0 heterocycles. The Kier molecular flexibility index (Phi) is 6.60. The monoisotopic (exact) mass is 396 g/mol. The second-order valence-corrected chi connectivity index (χ2v) is 8.96. The summed E-state index contributed by atoms with van der Waals surface area (Å²) in [6.07, 6.45) is -0.104. The van der Waals surface area contributed by atoms with E-state index in [-0.39, 0.29) is 17.5 Å². The van der Waals surface area contributed by atoms with Crippen molar-refractivity contribution in [3.63, 3.8) is 0 Å². The van der Waals surface area contributed by atoms with E-state index in [9.17, 15) is 9.90 Å². The van der Waals surface area contributed by atoms with Crippen LogP contribution in [0.3, 0.4) is 0 Å². The number of carbonyl (C=O) groups excluding carboxylic acids is 1. The molecule has 156 valence electrons. The topological polar surface area (TPSA) is 84.6 Å². The maximum atomic E-state index is 11.6. The van der Waals surface area contributed by atoms with Gasteiger partial charge >= 0.3 is 6.09 Å². The number of aliphatic hydroxyl groups excluding tert-OH is 1. The Balaban J connectivity index is 1.83. The van der Waals surface area contributed by atoms with Crippen molar-refractivity contribution in [3.8, 4) is 0 Å². The lowest BCUT2D eigenvalue weighted by molar-refractivity contribution is -0.0379. The van der Waals surface area contributed by atoms with Gasteiger partial charge < -0.3 is 20.9 Å². The Morgan fingerprint density at radius 3 is 2.48 bits per heavy atom. The van der Waals surface area contributed by atoms with E-state index in [0.717, 1.165) is 18.4 Å². The van der Waals surface area contributed by atoms with Crippen LogP contribution in [-0.4, -0.2) is 29.4 Å². The lowest BCUT2D eigenvalue weighted by Crippen LogP contribution is -2.55. The summed E-state index contributed by atoms with van der Waals surface area (Å²) in [6.45, 7) is 6.25. The second-order valence-electron chi connectivity index (χ2n) is 8.96. The van der Waals surface area contributed by atoms with Crippen molar-refractivity contribution in [3.05, 3.63) is 71.3 Å².